The smallest absolute Gasteiger partial charge is 0.254 e. The summed E-state index contributed by atoms with van der Waals surface area (Å²) in [5.41, 5.74) is 0.682. The number of nitrogens with one attached hydrogen (secondary N) is 1. The van der Waals surface area contributed by atoms with E-state index in [0.29, 0.717) is 5.70 Å². The summed E-state index contributed by atoms with van der Waals surface area (Å²) in [5.74, 6) is 0. The molecule has 5 heteroatoms. The van der Waals surface area contributed by atoms with Crippen LogP contribution in [0.25, 0.3) is 0 Å². The first-order chi connectivity index (χ1) is 5.20. The molecule has 1 unspecified atom stereocenters. The first kappa shape index (κ1) is 8.52. The van der Waals surface area contributed by atoms with Gasteiger partial charge in [0, 0.05) is 6.54 Å². The summed E-state index contributed by atoms with van der Waals surface area (Å²) < 4.78 is 0. The van der Waals surface area contributed by atoms with E-state index >= 15 is 0 Å². The molecule has 0 aromatic rings. The van der Waals surface area contributed by atoms with Gasteiger partial charge in [-0.3, -0.25) is 10.1 Å². The molecule has 1 rings (SSSR count). The van der Waals surface area contributed by atoms with Crippen molar-refractivity contribution in [3.8, 4) is 0 Å². The van der Waals surface area contributed by atoms with Crippen molar-refractivity contribution in [2.24, 2.45) is 0 Å². The molecule has 0 spiro atoms. The number of hydrogen-bond acceptors (Lipinski definition) is 3. The van der Waals surface area contributed by atoms with Gasteiger partial charge in [-0.2, -0.15) is 0 Å². The van der Waals surface area contributed by atoms with E-state index in [4.69, 9.17) is 0 Å². The van der Waals surface area contributed by atoms with Crippen LogP contribution >= 0.6 is 15.9 Å². The molecule has 1 saturated heterocycles. The minimum absolute atomic E-state index is 0.127. The van der Waals surface area contributed by atoms with Crippen LogP contribution in [0.15, 0.2) is 11.9 Å². The summed E-state index contributed by atoms with van der Waals surface area (Å²) in [7, 11) is 0. The molecule has 1 aliphatic rings. The Labute approximate surface area is 72.9 Å². The third kappa shape index (κ3) is 2.49. The molecule has 1 N–H and O–H groups in total. The second-order valence-electron chi connectivity index (χ2n) is 2.41. The van der Waals surface area contributed by atoms with Crippen molar-refractivity contribution in [1.29, 1.82) is 0 Å². The van der Waals surface area contributed by atoms with Gasteiger partial charge in [-0.05, 0) is 12.8 Å². The summed E-state index contributed by atoms with van der Waals surface area (Å²) in [4.78, 5) is 9.78. The SMILES string of the molecule is O=[N+]([O-])/C=C1\NCCCC1Br. The van der Waals surface area contributed by atoms with E-state index in [0.717, 1.165) is 25.6 Å². The Balaban J connectivity index is 2.60. The molecule has 1 heterocycles. The van der Waals surface area contributed by atoms with E-state index in [1.165, 1.54) is 0 Å². The average Bonchev–Trinajstić information content (AvgIpc) is 1.93. The van der Waals surface area contributed by atoms with Crippen LogP contribution in [0, 0.1) is 10.1 Å². The maximum absolute atomic E-state index is 10.1. The van der Waals surface area contributed by atoms with E-state index in [1.54, 1.807) is 0 Å². The van der Waals surface area contributed by atoms with Crippen molar-refractivity contribution >= 4 is 15.9 Å². The van der Waals surface area contributed by atoms with Gasteiger partial charge in [-0.15, -0.1) is 0 Å². The molecular formula is C6H9BrN2O2. The molecule has 0 amide bonds. The minimum Gasteiger partial charge on any atom is -0.382 e. The molecule has 0 radical (unpaired) electrons. The Kier molecular flexibility index (Phi) is 2.87. The highest BCUT2D eigenvalue weighted by Gasteiger charge is 2.17. The lowest BCUT2D eigenvalue weighted by Crippen LogP contribution is -2.28. The fraction of sp³-hybridized carbons (Fsp3) is 0.667. The van der Waals surface area contributed by atoms with Gasteiger partial charge in [0.2, 0.25) is 0 Å². The summed E-state index contributed by atoms with van der Waals surface area (Å²) in [6.07, 6.45) is 3.05. The molecule has 1 aliphatic heterocycles. The molecule has 0 aromatic carbocycles. The number of rotatable bonds is 1. The van der Waals surface area contributed by atoms with Gasteiger partial charge < -0.3 is 5.32 Å². The second-order valence-corrected chi connectivity index (χ2v) is 3.51. The Morgan fingerprint density at radius 1 is 1.82 bits per heavy atom. The normalized spacial score (nSPS) is 28.1. The molecule has 1 atom stereocenters. The third-order valence-electron chi connectivity index (χ3n) is 1.55. The van der Waals surface area contributed by atoms with Crippen LogP contribution in [0.2, 0.25) is 0 Å². The molecule has 0 aliphatic carbocycles. The maximum atomic E-state index is 10.1. The van der Waals surface area contributed by atoms with Gasteiger partial charge in [0.1, 0.15) is 0 Å². The third-order valence-corrected chi connectivity index (χ3v) is 2.50. The van der Waals surface area contributed by atoms with Crippen LogP contribution in [0.5, 0.6) is 0 Å². The van der Waals surface area contributed by atoms with Crippen molar-refractivity contribution in [2.45, 2.75) is 17.7 Å². The quantitative estimate of drug-likeness (QED) is 0.412. The lowest BCUT2D eigenvalue weighted by Gasteiger charge is -2.19. The number of alkyl halides is 1. The van der Waals surface area contributed by atoms with E-state index in [9.17, 15) is 10.1 Å². The van der Waals surface area contributed by atoms with Crippen molar-refractivity contribution < 1.29 is 4.92 Å². The molecule has 4 nitrogen and oxygen atoms in total. The van der Waals surface area contributed by atoms with Crippen LogP contribution < -0.4 is 5.32 Å². The van der Waals surface area contributed by atoms with Crippen LogP contribution in [0.4, 0.5) is 0 Å². The van der Waals surface area contributed by atoms with Crippen LogP contribution in [0.1, 0.15) is 12.8 Å². The Bertz CT molecular complexity index is 193. The van der Waals surface area contributed by atoms with Crippen LogP contribution in [-0.4, -0.2) is 16.3 Å². The summed E-state index contributed by atoms with van der Waals surface area (Å²) in [6.45, 7) is 0.835. The Hall–Kier alpha value is -0.580. The molecule has 0 saturated carbocycles. The standard InChI is InChI=1S/C6H9BrN2O2/c7-5-2-1-3-8-6(5)4-9(10)11/h4-5,8H,1-3H2/b6-4-. The largest absolute Gasteiger partial charge is 0.382 e. The summed E-state index contributed by atoms with van der Waals surface area (Å²) in [6, 6.07) is 0. The van der Waals surface area contributed by atoms with Crippen molar-refractivity contribution in [3.05, 3.63) is 22.0 Å². The predicted molar refractivity (Wildman–Crippen MR) is 45.0 cm³/mol. The van der Waals surface area contributed by atoms with E-state index in [2.05, 4.69) is 21.2 Å². The first-order valence-corrected chi connectivity index (χ1v) is 4.35. The van der Waals surface area contributed by atoms with E-state index < -0.39 is 4.92 Å². The molecule has 11 heavy (non-hydrogen) atoms. The van der Waals surface area contributed by atoms with Gasteiger partial charge in [0.15, 0.2) is 0 Å². The highest BCUT2D eigenvalue weighted by atomic mass is 79.9. The summed E-state index contributed by atoms with van der Waals surface area (Å²) >= 11 is 3.35. The molecule has 62 valence electrons. The highest BCUT2D eigenvalue weighted by molar-refractivity contribution is 9.09. The first-order valence-electron chi connectivity index (χ1n) is 3.43. The lowest BCUT2D eigenvalue weighted by molar-refractivity contribution is -0.403. The zero-order valence-electron chi connectivity index (χ0n) is 5.92. The fourth-order valence-corrected chi connectivity index (χ4v) is 1.62. The number of hydrogen-bond donors (Lipinski definition) is 1. The van der Waals surface area contributed by atoms with Gasteiger partial charge >= 0.3 is 0 Å². The number of nitrogens with zero attached hydrogens (tertiary/aromatic N) is 1. The van der Waals surface area contributed by atoms with Gasteiger partial charge in [0.25, 0.3) is 6.20 Å². The van der Waals surface area contributed by atoms with Gasteiger partial charge in [-0.1, -0.05) is 15.9 Å². The second kappa shape index (κ2) is 3.71. The van der Waals surface area contributed by atoms with Crippen molar-refractivity contribution in [1.82, 2.24) is 5.32 Å². The predicted octanol–water partition coefficient (Wildman–Crippen LogP) is 1.25. The zero-order valence-corrected chi connectivity index (χ0v) is 7.50. The monoisotopic (exact) mass is 220 g/mol. The zero-order chi connectivity index (χ0) is 8.27. The van der Waals surface area contributed by atoms with Crippen LogP contribution in [0.3, 0.4) is 0 Å². The Morgan fingerprint density at radius 2 is 2.55 bits per heavy atom. The minimum atomic E-state index is -0.429. The highest BCUT2D eigenvalue weighted by Crippen LogP contribution is 2.19. The van der Waals surface area contributed by atoms with Crippen molar-refractivity contribution in [2.75, 3.05) is 6.54 Å². The molecule has 1 fully saturated rings. The Morgan fingerprint density at radius 3 is 3.09 bits per heavy atom. The number of nitro groups is 1. The number of halogens is 1. The van der Waals surface area contributed by atoms with Gasteiger partial charge in [0.05, 0.1) is 15.4 Å². The fourth-order valence-electron chi connectivity index (χ4n) is 1.02. The van der Waals surface area contributed by atoms with E-state index in [1.807, 2.05) is 0 Å². The van der Waals surface area contributed by atoms with Crippen molar-refractivity contribution in [3.63, 3.8) is 0 Å². The van der Waals surface area contributed by atoms with Crippen LogP contribution in [-0.2, 0) is 0 Å². The molecule has 0 bridgehead atoms. The number of piperidine rings is 1. The number of allylic oxidation sites excluding steroid dienone is 1. The topological polar surface area (TPSA) is 55.2 Å². The lowest BCUT2D eigenvalue weighted by atomic mass is 10.1. The van der Waals surface area contributed by atoms with E-state index in [-0.39, 0.29) is 4.83 Å². The average molecular weight is 221 g/mol. The van der Waals surface area contributed by atoms with Gasteiger partial charge in [-0.25, -0.2) is 0 Å². The molecule has 0 aromatic heterocycles. The molecular weight excluding hydrogens is 212 g/mol. The maximum Gasteiger partial charge on any atom is 0.254 e. The summed E-state index contributed by atoms with van der Waals surface area (Å²) in [5, 5.41) is 13.1.